The first-order chi connectivity index (χ1) is 6.86. The molecule has 2 bridgehead atoms. The van der Waals surface area contributed by atoms with Crippen LogP contribution in [0.3, 0.4) is 0 Å². The largest absolute Gasteiger partial charge is 0.370 e. The maximum atomic E-state index is 11.8. The lowest BCUT2D eigenvalue weighted by Gasteiger charge is -2.33. The summed E-state index contributed by atoms with van der Waals surface area (Å²) < 4.78 is 34.6. The van der Waals surface area contributed by atoms with E-state index in [2.05, 4.69) is 13.8 Å². The molecule has 5 unspecified atom stereocenters. The molecule has 0 spiro atoms. The fraction of sp³-hybridized carbons (Fsp3) is 1.00. The first kappa shape index (κ1) is 10.1. The second-order valence-electron chi connectivity index (χ2n) is 5.40. The van der Waals surface area contributed by atoms with Gasteiger partial charge in [0.05, 0.1) is 6.10 Å². The van der Waals surface area contributed by atoms with Crippen LogP contribution in [0.5, 0.6) is 0 Å². The lowest BCUT2D eigenvalue weighted by Crippen LogP contribution is -2.47. The monoisotopic (exact) mass is 232 g/mol. The van der Waals surface area contributed by atoms with Gasteiger partial charge < -0.3 is 4.74 Å². The molecule has 3 rings (SSSR count). The van der Waals surface area contributed by atoms with Crippen molar-refractivity contribution in [3.8, 4) is 0 Å². The van der Waals surface area contributed by atoms with E-state index in [1.807, 2.05) is 6.92 Å². The molecule has 0 amide bonds. The molecule has 5 heteroatoms. The highest BCUT2D eigenvalue weighted by Crippen LogP contribution is 2.58. The van der Waals surface area contributed by atoms with Gasteiger partial charge >= 0.3 is 0 Å². The maximum Gasteiger partial charge on any atom is 0.273 e. The summed E-state index contributed by atoms with van der Waals surface area (Å²) in [6.45, 7) is 6.09. The van der Waals surface area contributed by atoms with Gasteiger partial charge in [0.25, 0.3) is 10.1 Å². The Labute approximate surface area is 90.1 Å². The normalized spacial score (nSPS) is 55.5. The third-order valence-electron chi connectivity index (χ3n) is 4.14. The average molecular weight is 232 g/mol. The molecule has 3 heterocycles. The van der Waals surface area contributed by atoms with Crippen molar-refractivity contribution in [2.75, 3.05) is 0 Å². The molecule has 0 saturated carbocycles. The van der Waals surface area contributed by atoms with Gasteiger partial charge in [0.1, 0.15) is 17.0 Å². The summed E-state index contributed by atoms with van der Waals surface area (Å²) in [7, 11) is -3.38. The van der Waals surface area contributed by atoms with E-state index < -0.39 is 21.0 Å². The summed E-state index contributed by atoms with van der Waals surface area (Å²) in [6.07, 6.45) is 0.452. The minimum Gasteiger partial charge on any atom is -0.370 e. The zero-order valence-corrected chi connectivity index (χ0v) is 9.95. The molecule has 0 aromatic carbocycles. The van der Waals surface area contributed by atoms with Crippen LogP contribution in [0.2, 0.25) is 0 Å². The summed E-state index contributed by atoms with van der Waals surface area (Å²) in [5.74, 6) is 0.593. The lowest BCUT2D eigenvalue weighted by molar-refractivity contribution is 0.0160. The van der Waals surface area contributed by atoms with Crippen LogP contribution in [0.25, 0.3) is 0 Å². The van der Waals surface area contributed by atoms with Gasteiger partial charge in [-0.2, -0.15) is 8.42 Å². The molecule has 0 aliphatic carbocycles. The molecule has 0 radical (unpaired) electrons. The van der Waals surface area contributed by atoms with Crippen LogP contribution >= 0.6 is 0 Å². The van der Waals surface area contributed by atoms with Crippen molar-refractivity contribution in [2.45, 2.75) is 50.3 Å². The van der Waals surface area contributed by atoms with Crippen LogP contribution in [0.15, 0.2) is 0 Å². The molecule has 3 aliphatic rings. The minimum atomic E-state index is -3.38. The van der Waals surface area contributed by atoms with Crippen molar-refractivity contribution in [2.24, 2.45) is 11.8 Å². The van der Waals surface area contributed by atoms with E-state index in [0.717, 1.165) is 0 Å². The first-order valence-electron chi connectivity index (χ1n) is 5.46. The molecule has 4 nitrogen and oxygen atoms in total. The molecule has 0 aromatic rings. The zero-order chi connectivity index (χ0) is 11.0. The number of hydrogen-bond donors (Lipinski definition) is 0. The van der Waals surface area contributed by atoms with Gasteiger partial charge in [-0.05, 0) is 19.3 Å². The summed E-state index contributed by atoms with van der Waals surface area (Å²) in [4.78, 5) is 0. The Hall–Kier alpha value is -0.130. The van der Waals surface area contributed by atoms with Crippen molar-refractivity contribution >= 4 is 10.1 Å². The predicted octanol–water partition coefficient (Wildman–Crippen LogP) is 0.917. The SMILES string of the molecule is CC(C)C1C2CC3C(O2)C1(C)OS3(=O)=O. The van der Waals surface area contributed by atoms with Gasteiger partial charge in [-0.15, -0.1) is 0 Å². The van der Waals surface area contributed by atoms with Crippen molar-refractivity contribution in [1.82, 2.24) is 0 Å². The first-order valence-corrected chi connectivity index (χ1v) is 6.93. The number of ether oxygens (including phenoxy) is 1. The predicted molar refractivity (Wildman–Crippen MR) is 53.8 cm³/mol. The summed E-state index contributed by atoms with van der Waals surface area (Å²) in [5.41, 5.74) is -0.611. The second kappa shape index (κ2) is 2.57. The number of fused-ring (bicyclic) bond motifs is 1. The third kappa shape index (κ3) is 1.02. The zero-order valence-electron chi connectivity index (χ0n) is 9.14. The summed E-state index contributed by atoms with van der Waals surface area (Å²) in [6, 6.07) is 0. The van der Waals surface area contributed by atoms with Crippen LogP contribution in [0.4, 0.5) is 0 Å². The van der Waals surface area contributed by atoms with Gasteiger partial charge in [0.2, 0.25) is 0 Å². The van der Waals surface area contributed by atoms with E-state index in [1.165, 1.54) is 0 Å². The summed E-state index contributed by atoms with van der Waals surface area (Å²) in [5, 5.41) is -0.414. The van der Waals surface area contributed by atoms with Gasteiger partial charge in [-0.25, -0.2) is 0 Å². The van der Waals surface area contributed by atoms with Gasteiger partial charge in [0.15, 0.2) is 0 Å². The second-order valence-corrected chi connectivity index (χ2v) is 7.16. The van der Waals surface area contributed by atoms with E-state index in [0.29, 0.717) is 12.3 Å². The molecular weight excluding hydrogens is 216 g/mol. The Morgan fingerprint density at radius 2 is 2.07 bits per heavy atom. The van der Waals surface area contributed by atoms with Crippen molar-refractivity contribution in [1.29, 1.82) is 0 Å². The Morgan fingerprint density at radius 3 is 2.67 bits per heavy atom. The quantitative estimate of drug-likeness (QED) is 0.631. The van der Waals surface area contributed by atoms with Crippen LogP contribution in [0.1, 0.15) is 27.2 Å². The van der Waals surface area contributed by atoms with Crippen molar-refractivity contribution in [3.05, 3.63) is 0 Å². The van der Waals surface area contributed by atoms with Crippen molar-refractivity contribution in [3.63, 3.8) is 0 Å². The fourth-order valence-electron chi connectivity index (χ4n) is 3.75. The Morgan fingerprint density at radius 1 is 1.40 bits per heavy atom. The molecule has 3 aliphatic heterocycles. The standard InChI is InChI=1S/C10H16O4S/c1-5(2)8-6-4-7-9(13-6)10(8,3)14-15(7,11)12/h5-9H,4H2,1-3H3. The molecule has 5 atom stereocenters. The maximum absolute atomic E-state index is 11.8. The van der Waals surface area contributed by atoms with E-state index >= 15 is 0 Å². The van der Waals surface area contributed by atoms with E-state index in [1.54, 1.807) is 0 Å². The number of rotatable bonds is 1. The van der Waals surface area contributed by atoms with E-state index in [9.17, 15) is 8.42 Å². The minimum absolute atomic E-state index is 0.0716. The van der Waals surface area contributed by atoms with Crippen LogP contribution < -0.4 is 0 Å². The van der Waals surface area contributed by atoms with E-state index in [4.69, 9.17) is 8.92 Å². The fourth-order valence-corrected chi connectivity index (χ4v) is 5.65. The van der Waals surface area contributed by atoms with E-state index in [-0.39, 0.29) is 18.1 Å². The van der Waals surface area contributed by atoms with Crippen LogP contribution in [-0.2, 0) is 19.0 Å². The highest BCUT2D eigenvalue weighted by atomic mass is 32.2. The van der Waals surface area contributed by atoms with Gasteiger partial charge in [-0.1, -0.05) is 13.8 Å². The molecular formula is C10H16O4S. The molecule has 86 valence electrons. The lowest BCUT2D eigenvalue weighted by atomic mass is 9.71. The topological polar surface area (TPSA) is 52.6 Å². The average Bonchev–Trinajstić information content (AvgIpc) is 2.58. The Kier molecular flexibility index (Phi) is 1.73. The van der Waals surface area contributed by atoms with Gasteiger partial charge in [-0.3, -0.25) is 4.18 Å². The van der Waals surface area contributed by atoms with Crippen molar-refractivity contribution < 1.29 is 17.3 Å². The third-order valence-corrected chi connectivity index (χ3v) is 5.91. The summed E-state index contributed by atoms with van der Waals surface area (Å²) >= 11 is 0. The number of hydrogen-bond acceptors (Lipinski definition) is 4. The molecule has 3 fully saturated rings. The molecule has 3 saturated heterocycles. The Balaban J connectivity index is 2.10. The molecule has 0 N–H and O–H groups in total. The molecule has 15 heavy (non-hydrogen) atoms. The van der Waals surface area contributed by atoms with Gasteiger partial charge in [0, 0.05) is 5.92 Å². The van der Waals surface area contributed by atoms with Crippen LogP contribution in [-0.4, -0.2) is 31.5 Å². The highest BCUT2D eigenvalue weighted by molar-refractivity contribution is 7.87. The smallest absolute Gasteiger partial charge is 0.273 e. The molecule has 0 aromatic heterocycles. The Bertz CT molecular complexity index is 402. The van der Waals surface area contributed by atoms with Crippen LogP contribution in [0, 0.1) is 11.8 Å². The highest BCUT2D eigenvalue weighted by Gasteiger charge is 2.72.